The highest BCUT2D eigenvalue weighted by Crippen LogP contribution is 2.20. The maximum atomic E-state index is 13.0. The fourth-order valence-electron chi connectivity index (χ4n) is 3.37. The monoisotopic (exact) mass is 399 g/mol. The van der Waals surface area contributed by atoms with Crippen molar-refractivity contribution in [2.75, 3.05) is 20.1 Å². The molecule has 1 saturated heterocycles. The minimum Gasteiger partial charge on any atom is -0.439 e. The van der Waals surface area contributed by atoms with Gasteiger partial charge in [0.15, 0.2) is 5.96 Å². The molecule has 0 atom stereocenters. The normalized spacial score (nSPS) is 16.1. The molecule has 29 heavy (non-hydrogen) atoms. The molecule has 0 unspecified atom stereocenters. The standard InChI is InChI=1S/C22H30FN5O/c1-16(2)28-12-9-19(10-13-28)27-22(24-3)26-15-17-8-11-25-21(14-17)29-20-6-4-18(23)5-7-20/h4-8,11,14,16,19H,9-10,12-13,15H2,1-3H3,(H2,24,26,27). The molecule has 0 saturated carbocycles. The number of halogens is 1. The molecule has 2 aromatic rings. The number of aromatic nitrogens is 1. The smallest absolute Gasteiger partial charge is 0.219 e. The Hall–Kier alpha value is -2.67. The fraction of sp³-hybridized carbons (Fsp3) is 0.455. The molecule has 0 bridgehead atoms. The van der Waals surface area contributed by atoms with E-state index in [1.54, 1.807) is 25.4 Å². The Kier molecular flexibility index (Phi) is 7.41. The highest BCUT2D eigenvalue weighted by atomic mass is 19.1. The van der Waals surface area contributed by atoms with E-state index in [1.165, 1.54) is 12.1 Å². The lowest BCUT2D eigenvalue weighted by Gasteiger charge is -2.35. The molecule has 156 valence electrons. The zero-order chi connectivity index (χ0) is 20.6. The molecular formula is C22H30FN5O. The second-order valence-corrected chi connectivity index (χ2v) is 7.53. The van der Waals surface area contributed by atoms with Crippen LogP contribution in [0, 0.1) is 5.82 Å². The van der Waals surface area contributed by atoms with Gasteiger partial charge in [-0.05, 0) is 62.6 Å². The first-order valence-corrected chi connectivity index (χ1v) is 10.1. The SMILES string of the molecule is CN=C(NCc1ccnc(Oc2ccc(F)cc2)c1)NC1CCN(C(C)C)CC1. The molecule has 1 aliphatic rings. The van der Waals surface area contributed by atoms with E-state index >= 15 is 0 Å². The van der Waals surface area contributed by atoms with Crippen molar-refractivity contribution in [3.63, 3.8) is 0 Å². The number of nitrogens with one attached hydrogen (secondary N) is 2. The summed E-state index contributed by atoms with van der Waals surface area (Å²) in [7, 11) is 1.79. The first-order chi connectivity index (χ1) is 14.0. The number of rotatable bonds is 6. The van der Waals surface area contributed by atoms with Gasteiger partial charge in [0.1, 0.15) is 11.6 Å². The van der Waals surface area contributed by atoms with Crippen LogP contribution in [0.4, 0.5) is 4.39 Å². The van der Waals surface area contributed by atoms with Crippen LogP contribution in [0.1, 0.15) is 32.3 Å². The summed E-state index contributed by atoms with van der Waals surface area (Å²) >= 11 is 0. The molecule has 1 fully saturated rings. The number of hydrogen-bond donors (Lipinski definition) is 2. The van der Waals surface area contributed by atoms with Crippen molar-refractivity contribution >= 4 is 5.96 Å². The number of guanidine groups is 1. The molecule has 1 aromatic heterocycles. The molecule has 0 amide bonds. The average Bonchev–Trinajstić information content (AvgIpc) is 2.73. The zero-order valence-electron chi connectivity index (χ0n) is 17.4. The highest BCUT2D eigenvalue weighted by molar-refractivity contribution is 5.79. The molecular weight excluding hydrogens is 369 g/mol. The van der Waals surface area contributed by atoms with Gasteiger partial charge in [0.05, 0.1) is 0 Å². The number of pyridine rings is 1. The Morgan fingerprint density at radius 3 is 2.62 bits per heavy atom. The van der Waals surface area contributed by atoms with E-state index in [0.29, 0.717) is 30.3 Å². The van der Waals surface area contributed by atoms with Crippen LogP contribution in [0.15, 0.2) is 47.6 Å². The van der Waals surface area contributed by atoms with E-state index in [9.17, 15) is 4.39 Å². The van der Waals surface area contributed by atoms with Crippen LogP contribution >= 0.6 is 0 Å². The average molecular weight is 400 g/mol. The molecule has 2 N–H and O–H groups in total. The summed E-state index contributed by atoms with van der Waals surface area (Å²) in [6.07, 6.45) is 3.93. The van der Waals surface area contributed by atoms with Crippen LogP contribution in [-0.4, -0.2) is 48.1 Å². The van der Waals surface area contributed by atoms with Crippen molar-refractivity contribution in [3.8, 4) is 11.6 Å². The molecule has 1 aliphatic heterocycles. The second-order valence-electron chi connectivity index (χ2n) is 7.53. The summed E-state index contributed by atoms with van der Waals surface area (Å²) in [4.78, 5) is 11.1. The van der Waals surface area contributed by atoms with Gasteiger partial charge in [0.2, 0.25) is 5.88 Å². The lowest BCUT2D eigenvalue weighted by atomic mass is 10.0. The van der Waals surface area contributed by atoms with Gasteiger partial charge in [-0.25, -0.2) is 9.37 Å². The molecule has 2 heterocycles. The quantitative estimate of drug-likeness (QED) is 0.575. The summed E-state index contributed by atoms with van der Waals surface area (Å²) in [6.45, 7) is 7.32. The van der Waals surface area contributed by atoms with Crippen molar-refractivity contribution in [1.29, 1.82) is 0 Å². The van der Waals surface area contributed by atoms with E-state index in [2.05, 4.69) is 39.4 Å². The molecule has 7 heteroatoms. The van der Waals surface area contributed by atoms with Crippen LogP contribution in [0.3, 0.4) is 0 Å². The Morgan fingerprint density at radius 1 is 1.24 bits per heavy atom. The number of aliphatic imine (C=N–C) groups is 1. The predicted octanol–water partition coefficient (Wildman–Crippen LogP) is 3.55. The fourth-order valence-corrected chi connectivity index (χ4v) is 3.37. The third-order valence-electron chi connectivity index (χ3n) is 5.12. The molecule has 0 spiro atoms. The summed E-state index contributed by atoms with van der Waals surface area (Å²) in [6, 6.07) is 10.7. The predicted molar refractivity (Wildman–Crippen MR) is 114 cm³/mol. The van der Waals surface area contributed by atoms with Crippen LogP contribution in [-0.2, 0) is 6.54 Å². The van der Waals surface area contributed by atoms with Gasteiger partial charge in [-0.15, -0.1) is 0 Å². The largest absolute Gasteiger partial charge is 0.439 e. The van der Waals surface area contributed by atoms with Crippen LogP contribution < -0.4 is 15.4 Å². The van der Waals surface area contributed by atoms with Gasteiger partial charge in [-0.1, -0.05) is 0 Å². The maximum Gasteiger partial charge on any atom is 0.219 e. The molecule has 6 nitrogen and oxygen atoms in total. The number of benzene rings is 1. The minimum atomic E-state index is -0.294. The molecule has 0 radical (unpaired) electrons. The van der Waals surface area contributed by atoms with Gasteiger partial charge in [-0.3, -0.25) is 4.99 Å². The van der Waals surface area contributed by atoms with E-state index in [0.717, 1.165) is 37.5 Å². The van der Waals surface area contributed by atoms with Crippen LogP contribution in [0.5, 0.6) is 11.6 Å². The van der Waals surface area contributed by atoms with Crippen molar-refractivity contribution < 1.29 is 9.13 Å². The number of nitrogens with zero attached hydrogens (tertiary/aromatic N) is 3. The molecule has 0 aliphatic carbocycles. The molecule has 3 rings (SSSR count). The third kappa shape index (κ3) is 6.42. The Bertz CT molecular complexity index is 801. The van der Waals surface area contributed by atoms with E-state index in [-0.39, 0.29) is 5.82 Å². The number of ether oxygens (including phenoxy) is 1. The minimum absolute atomic E-state index is 0.294. The first kappa shape index (κ1) is 21.0. The number of likely N-dealkylation sites (tertiary alicyclic amines) is 1. The topological polar surface area (TPSA) is 61.8 Å². The first-order valence-electron chi connectivity index (χ1n) is 10.1. The summed E-state index contributed by atoms with van der Waals surface area (Å²) in [5.74, 6) is 1.52. The lowest BCUT2D eigenvalue weighted by molar-refractivity contribution is 0.167. The summed E-state index contributed by atoms with van der Waals surface area (Å²) < 4.78 is 18.7. The summed E-state index contributed by atoms with van der Waals surface area (Å²) in [5.41, 5.74) is 1.02. The van der Waals surface area contributed by atoms with Gasteiger partial charge in [0.25, 0.3) is 0 Å². The maximum absolute atomic E-state index is 13.0. The Morgan fingerprint density at radius 2 is 1.97 bits per heavy atom. The van der Waals surface area contributed by atoms with Gasteiger partial charge >= 0.3 is 0 Å². The van der Waals surface area contributed by atoms with Gasteiger partial charge in [0, 0.05) is 51.0 Å². The summed E-state index contributed by atoms with van der Waals surface area (Å²) in [5, 5.41) is 6.88. The van der Waals surface area contributed by atoms with Crippen molar-refractivity contribution in [3.05, 3.63) is 54.0 Å². The van der Waals surface area contributed by atoms with Crippen molar-refractivity contribution in [2.24, 2.45) is 4.99 Å². The number of piperidine rings is 1. The van der Waals surface area contributed by atoms with E-state index < -0.39 is 0 Å². The van der Waals surface area contributed by atoms with Gasteiger partial charge in [-0.2, -0.15) is 0 Å². The third-order valence-corrected chi connectivity index (χ3v) is 5.12. The van der Waals surface area contributed by atoms with Crippen LogP contribution in [0.25, 0.3) is 0 Å². The zero-order valence-corrected chi connectivity index (χ0v) is 17.4. The Labute approximate surface area is 172 Å². The van der Waals surface area contributed by atoms with E-state index in [4.69, 9.17) is 4.74 Å². The number of hydrogen-bond acceptors (Lipinski definition) is 4. The van der Waals surface area contributed by atoms with Gasteiger partial charge < -0.3 is 20.3 Å². The highest BCUT2D eigenvalue weighted by Gasteiger charge is 2.21. The van der Waals surface area contributed by atoms with E-state index in [1.807, 2.05) is 12.1 Å². The lowest BCUT2D eigenvalue weighted by Crippen LogP contribution is -2.49. The van der Waals surface area contributed by atoms with Crippen molar-refractivity contribution in [2.45, 2.75) is 45.3 Å². The van der Waals surface area contributed by atoms with Crippen LogP contribution in [0.2, 0.25) is 0 Å². The second kappa shape index (κ2) is 10.2. The Balaban J connectivity index is 1.50. The molecule has 1 aromatic carbocycles. The van der Waals surface area contributed by atoms with Crippen molar-refractivity contribution in [1.82, 2.24) is 20.5 Å².